The van der Waals surface area contributed by atoms with Crippen LogP contribution in [0.3, 0.4) is 0 Å². The Morgan fingerprint density at radius 1 is 0.833 bits per heavy atom. The molecule has 0 radical (unpaired) electrons. The molecule has 0 aliphatic heterocycles. The van der Waals surface area contributed by atoms with E-state index in [1.807, 2.05) is 45.2 Å². The van der Waals surface area contributed by atoms with Gasteiger partial charge in [0.15, 0.2) is 16.2 Å². The second-order valence-electron chi connectivity index (χ2n) is 4.96. The van der Waals surface area contributed by atoms with E-state index in [4.69, 9.17) is 17.7 Å². The van der Waals surface area contributed by atoms with Gasteiger partial charge in [-0.3, -0.25) is 0 Å². The van der Waals surface area contributed by atoms with Gasteiger partial charge in [-0.15, -0.1) is 0 Å². The van der Waals surface area contributed by atoms with E-state index in [0.29, 0.717) is 28.3 Å². The van der Waals surface area contributed by atoms with E-state index in [1.54, 1.807) is 19.1 Å². The number of fused-ring (bicyclic) bond motifs is 2. The first-order valence-electron chi connectivity index (χ1n) is 6.51. The van der Waals surface area contributed by atoms with E-state index < -0.39 is 11.3 Å². The van der Waals surface area contributed by atoms with E-state index in [9.17, 15) is 9.59 Å². The number of hydrogen-bond acceptors (Lipinski definition) is 6. The first-order chi connectivity index (χ1) is 11.4. The van der Waals surface area contributed by atoms with E-state index in [-0.39, 0.29) is 22.7 Å². The van der Waals surface area contributed by atoms with E-state index in [2.05, 4.69) is 15.9 Å². The third-order valence-electron chi connectivity index (χ3n) is 3.40. The fourth-order valence-corrected chi connectivity index (χ4v) is 4.31. The Morgan fingerprint density at radius 3 is 1.92 bits per heavy atom. The highest BCUT2D eigenvalue weighted by Crippen LogP contribution is 2.36. The molecule has 0 aliphatic rings. The van der Waals surface area contributed by atoms with Crippen molar-refractivity contribution in [1.29, 1.82) is 0 Å². The van der Waals surface area contributed by atoms with Gasteiger partial charge in [0.05, 0.1) is 7.14 Å². The van der Waals surface area contributed by atoms with Crippen LogP contribution in [-0.2, 0) is 0 Å². The van der Waals surface area contributed by atoms with E-state index >= 15 is 0 Å². The Bertz CT molecular complexity index is 1150. The molecule has 0 bridgehead atoms. The molecule has 0 spiro atoms. The van der Waals surface area contributed by atoms with Gasteiger partial charge in [-0.2, -0.15) is 0 Å². The van der Waals surface area contributed by atoms with Gasteiger partial charge in [-0.05, 0) is 74.1 Å². The van der Waals surface area contributed by atoms with Gasteiger partial charge in [-0.25, -0.2) is 9.59 Å². The lowest BCUT2D eigenvalue weighted by molar-refractivity contribution is 0.454. The summed E-state index contributed by atoms with van der Waals surface area (Å²) in [7, 11) is 0. The summed E-state index contributed by atoms with van der Waals surface area (Å²) in [6.07, 6.45) is 0. The van der Waals surface area contributed by atoms with Gasteiger partial charge in [0, 0.05) is 16.8 Å². The normalized spacial score (nSPS) is 11.7. The summed E-state index contributed by atoms with van der Waals surface area (Å²) in [6, 6.07) is 3.42. The summed E-state index contributed by atoms with van der Waals surface area (Å²) >= 11 is 7.26. The fraction of sp³-hybridized carbons (Fsp3) is 0.0667. The maximum atomic E-state index is 12.2. The van der Waals surface area contributed by atoms with Gasteiger partial charge in [0.2, 0.25) is 11.2 Å². The molecule has 0 fully saturated rings. The van der Waals surface area contributed by atoms with Gasteiger partial charge in [-0.1, -0.05) is 0 Å². The lowest BCUT2D eigenvalue weighted by atomic mass is 10.2. The quantitative estimate of drug-likeness (QED) is 0.280. The van der Waals surface area contributed by atoms with E-state index in [0.717, 1.165) is 0 Å². The van der Waals surface area contributed by atoms with Crippen molar-refractivity contribution in [3.8, 4) is 11.5 Å². The third kappa shape index (κ3) is 2.39. The standard InChI is InChI=1S/C15H5BrI2O6/c1-4-2-5-8(17)12(23-14(19)10(5)21-4)13-9(18)6-3-7(16)22-11(6)15(20)24-13/h2-3H,1H3. The van der Waals surface area contributed by atoms with Crippen LogP contribution in [0.15, 0.2) is 44.1 Å². The number of hydrogen-bond donors (Lipinski definition) is 0. The minimum atomic E-state index is -0.645. The van der Waals surface area contributed by atoms with Crippen LogP contribution in [0.25, 0.3) is 33.5 Å². The minimum absolute atomic E-state index is 0.104. The average Bonchev–Trinajstić information content (AvgIpc) is 3.10. The fourth-order valence-electron chi connectivity index (χ4n) is 2.41. The van der Waals surface area contributed by atoms with Gasteiger partial charge in [0.25, 0.3) is 0 Å². The van der Waals surface area contributed by atoms with Crippen LogP contribution in [0.1, 0.15) is 5.76 Å². The summed E-state index contributed by atoms with van der Waals surface area (Å²) in [5.74, 6) is 0.969. The predicted octanol–water partition coefficient (Wildman–Crippen LogP) is 5.03. The molecule has 0 saturated carbocycles. The number of halogens is 3. The van der Waals surface area contributed by atoms with Crippen LogP contribution >= 0.6 is 61.1 Å². The molecule has 0 unspecified atom stereocenters. The van der Waals surface area contributed by atoms with Gasteiger partial charge in [0.1, 0.15) is 5.76 Å². The molecule has 0 aromatic carbocycles. The van der Waals surface area contributed by atoms with Crippen molar-refractivity contribution in [2.75, 3.05) is 0 Å². The van der Waals surface area contributed by atoms with Crippen molar-refractivity contribution in [3.63, 3.8) is 0 Å². The Labute approximate surface area is 168 Å². The molecule has 24 heavy (non-hydrogen) atoms. The lowest BCUT2D eigenvalue weighted by Crippen LogP contribution is -2.05. The zero-order valence-electron chi connectivity index (χ0n) is 11.7. The highest BCUT2D eigenvalue weighted by Gasteiger charge is 2.24. The van der Waals surface area contributed by atoms with Crippen molar-refractivity contribution in [2.45, 2.75) is 6.92 Å². The predicted molar refractivity (Wildman–Crippen MR) is 106 cm³/mol. The smallest absolute Gasteiger partial charge is 0.380 e. The first-order valence-corrected chi connectivity index (χ1v) is 9.46. The Morgan fingerprint density at radius 2 is 1.33 bits per heavy atom. The molecule has 0 amide bonds. The van der Waals surface area contributed by atoms with Crippen LogP contribution < -0.4 is 11.3 Å². The van der Waals surface area contributed by atoms with E-state index in [1.165, 1.54) is 0 Å². The Hall–Kier alpha value is -1.08. The number of furan rings is 2. The summed E-state index contributed by atoms with van der Waals surface area (Å²) in [4.78, 5) is 24.4. The molecule has 0 aliphatic carbocycles. The molecule has 4 rings (SSSR count). The van der Waals surface area contributed by atoms with Crippen LogP contribution in [0.5, 0.6) is 0 Å². The van der Waals surface area contributed by atoms with Crippen LogP contribution in [-0.4, -0.2) is 0 Å². The molecular weight excluding hydrogens is 610 g/mol. The summed E-state index contributed by atoms with van der Waals surface area (Å²) in [5.41, 5.74) is -1.02. The molecule has 0 atom stereocenters. The highest BCUT2D eigenvalue weighted by molar-refractivity contribution is 14.1. The number of rotatable bonds is 1. The zero-order chi connectivity index (χ0) is 17.2. The molecule has 9 heteroatoms. The maximum Gasteiger partial charge on any atom is 0.380 e. The summed E-state index contributed by atoms with van der Waals surface area (Å²) in [6.45, 7) is 1.74. The molecule has 4 heterocycles. The Kier molecular flexibility index (Phi) is 3.91. The van der Waals surface area contributed by atoms with Gasteiger partial charge < -0.3 is 17.7 Å². The minimum Gasteiger partial charge on any atom is -0.454 e. The van der Waals surface area contributed by atoms with Crippen molar-refractivity contribution >= 4 is 83.1 Å². The largest absolute Gasteiger partial charge is 0.454 e. The lowest BCUT2D eigenvalue weighted by Gasteiger charge is -2.05. The zero-order valence-corrected chi connectivity index (χ0v) is 17.6. The highest BCUT2D eigenvalue weighted by atomic mass is 127. The second kappa shape index (κ2) is 5.73. The van der Waals surface area contributed by atoms with Crippen LogP contribution in [0, 0.1) is 14.1 Å². The SMILES string of the molecule is Cc1cc2c(I)c(-c3oc(=O)c4oc(Br)cc4c3I)oc(=O)c2o1. The molecule has 6 nitrogen and oxygen atoms in total. The third-order valence-corrected chi connectivity index (χ3v) is 5.93. The molecule has 122 valence electrons. The van der Waals surface area contributed by atoms with Crippen molar-refractivity contribution in [1.82, 2.24) is 0 Å². The summed E-state index contributed by atoms with van der Waals surface area (Å²) < 4.78 is 23.1. The Balaban J connectivity index is 2.13. The van der Waals surface area contributed by atoms with Crippen molar-refractivity contribution < 1.29 is 17.7 Å². The molecule has 4 aromatic heterocycles. The maximum absolute atomic E-state index is 12.2. The van der Waals surface area contributed by atoms with Gasteiger partial charge >= 0.3 is 11.3 Å². The average molecular weight is 615 g/mol. The topological polar surface area (TPSA) is 86.7 Å². The number of aryl methyl sites for hydroxylation is 1. The first kappa shape index (κ1) is 16.4. The molecular formula is C15H5BrI2O6. The van der Waals surface area contributed by atoms with Crippen LogP contribution in [0.2, 0.25) is 0 Å². The second-order valence-corrected chi connectivity index (χ2v) is 7.90. The van der Waals surface area contributed by atoms with Crippen molar-refractivity contribution in [2.24, 2.45) is 0 Å². The monoisotopic (exact) mass is 614 g/mol. The van der Waals surface area contributed by atoms with Crippen LogP contribution in [0.4, 0.5) is 0 Å². The summed E-state index contributed by atoms with van der Waals surface area (Å²) in [5, 5.41) is 1.20. The van der Waals surface area contributed by atoms with Crippen molar-refractivity contribution in [3.05, 3.63) is 50.5 Å². The molecule has 4 aromatic rings. The molecule has 0 saturated heterocycles. The molecule has 0 N–H and O–H groups in total.